The van der Waals surface area contributed by atoms with Crippen LogP contribution in [0.15, 0.2) is 24.3 Å². The Balaban J connectivity index is 2.59. The maximum atomic E-state index is 6.36. The number of aryl methyl sites for hydroxylation is 2. The zero-order chi connectivity index (χ0) is 13.1. The molecule has 0 amide bonds. The van der Waals surface area contributed by atoms with Gasteiger partial charge in [0.1, 0.15) is 0 Å². The van der Waals surface area contributed by atoms with Gasteiger partial charge in [-0.1, -0.05) is 24.3 Å². The fourth-order valence-electron chi connectivity index (χ4n) is 2.21. The highest BCUT2D eigenvalue weighted by molar-refractivity contribution is 6.84. The third-order valence-corrected chi connectivity index (χ3v) is 8.95. The summed E-state index contributed by atoms with van der Waals surface area (Å²) in [5, 5.41) is 0. The molecule has 0 saturated carbocycles. The highest BCUT2D eigenvalue weighted by atomic mass is 28.4. The number of hydrogen-bond acceptors (Lipinski definition) is 1. The van der Waals surface area contributed by atoms with Gasteiger partial charge < -0.3 is 4.12 Å². The molecule has 0 bridgehead atoms. The molecule has 3 heteroatoms. The fraction of sp³-hybridized carbons (Fsp3) is 0.571. The topological polar surface area (TPSA) is 9.23 Å². The van der Waals surface area contributed by atoms with Crippen LogP contribution in [0.2, 0.25) is 38.8 Å². The van der Waals surface area contributed by atoms with Crippen LogP contribution < -0.4 is 0 Å². The minimum Gasteiger partial charge on any atom is -0.456 e. The zero-order valence-corrected chi connectivity index (χ0v) is 14.1. The smallest absolute Gasteiger partial charge is 0.173 e. The first kappa shape index (κ1) is 14.7. The second kappa shape index (κ2) is 5.50. The van der Waals surface area contributed by atoms with E-state index in [-0.39, 0.29) is 0 Å². The van der Waals surface area contributed by atoms with Gasteiger partial charge in [-0.15, -0.1) is 0 Å². The maximum Gasteiger partial charge on any atom is 0.173 e. The van der Waals surface area contributed by atoms with E-state index in [9.17, 15) is 0 Å². The van der Waals surface area contributed by atoms with E-state index in [1.54, 1.807) is 0 Å². The van der Waals surface area contributed by atoms with Crippen LogP contribution in [0, 0.1) is 6.92 Å². The van der Waals surface area contributed by atoms with Gasteiger partial charge in [-0.3, -0.25) is 0 Å². The van der Waals surface area contributed by atoms with Crippen molar-refractivity contribution in [3.8, 4) is 0 Å². The van der Waals surface area contributed by atoms with Crippen LogP contribution in [-0.2, 0) is 10.5 Å². The molecule has 0 aliphatic carbocycles. The van der Waals surface area contributed by atoms with E-state index < -0.39 is 16.6 Å². The van der Waals surface area contributed by atoms with Crippen molar-refractivity contribution in [3.05, 3.63) is 35.4 Å². The minimum atomic E-state index is -1.48. The average molecular weight is 267 g/mol. The van der Waals surface area contributed by atoms with Crippen LogP contribution in [0.1, 0.15) is 11.1 Å². The molecule has 0 aliphatic heterocycles. The minimum absolute atomic E-state index is 1.16. The molecule has 1 rings (SSSR count). The average Bonchev–Trinajstić information content (AvgIpc) is 2.13. The van der Waals surface area contributed by atoms with E-state index in [2.05, 4.69) is 63.9 Å². The standard InChI is InChI=1S/C14H26OSi2/c1-13-9-7-8-10-14(13)11-12-17(5,6)15-16(2,3)4/h7-10H,11-12H2,1-6H3. The van der Waals surface area contributed by atoms with Gasteiger partial charge in [-0.05, 0) is 63.3 Å². The number of benzene rings is 1. The normalized spacial score (nSPS) is 12.8. The summed E-state index contributed by atoms with van der Waals surface area (Å²) >= 11 is 0. The first-order valence-corrected chi connectivity index (χ1v) is 13.0. The zero-order valence-electron chi connectivity index (χ0n) is 12.1. The van der Waals surface area contributed by atoms with Gasteiger partial charge in [0.15, 0.2) is 16.6 Å². The molecule has 0 saturated heterocycles. The largest absolute Gasteiger partial charge is 0.456 e. The van der Waals surface area contributed by atoms with Crippen LogP contribution >= 0.6 is 0 Å². The number of hydrogen-bond donors (Lipinski definition) is 0. The SMILES string of the molecule is Cc1ccccc1CC[Si](C)(C)O[Si](C)(C)C. The predicted octanol–water partition coefficient (Wildman–Crippen LogP) is 4.59. The second-order valence-electron chi connectivity index (χ2n) is 6.40. The summed E-state index contributed by atoms with van der Waals surface area (Å²) in [5.41, 5.74) is 2.89. The first-order valence-electron chi connectivity index (χ1n) is 6.44. The van der Waals surface area contributed by atoms with Crippen molar-refractivity contribution in [1.29, 1.82) is 0 Å². The Hall–Kier alpha value is -0.386. The fourth-order valence-corrected chi connectivity index (χ4v) is 10.1. The molecule has 0 unspecified atom stereocenters. The molecule has 1 nitrogen and oxygen atoms in total. The quantitative estimate of drug-likeness (QED) is 0.708. The van der Waals surface area contributed by atoms with E-state index in [4.69, 9.17) is 4.12 Å². The van der Waals surface area contributed by atoms with Crippen LogP contribution in [-0.4, -0.2) is 16.6 Å². The highest BCUT2D eigenvalue weighted by Crippen LogP contribution is 2.21. The van der Waals surface area contributed by atoms with Gasteiger partial charge in [-0.2, -0.15) is 0 Å². The Morgan fingerprint density at radius 1 is 1.00 bits per heavy atom. The monoisotopic (exact) mass is 266 g/mol. The summed E-state index contributed by atoms with van der Waals surface area (Å²) < 4.78 is 6.36. The molecule has 96 valence electrons. The molecule has 0 heterocycles. The molecule has 0 fully saturated rings. The second-order valence-corrected chi connectivity index (χ2v) is 15.5. The third kappa shape index (κ3) is 5.66. The van der Waals surface area contributed by atoms with Crippen LogP contribution in [0.3, 0.4) is 0 Å². The van der Waals surface area contributed by atoms with Gasteiger partial charge in [0.25, 0.3) is 0 Å². The molecule has 1 aromatic rings. The van der Waals surface area contributed by atoms with Crippen LogP contribution in [0.5, 0.6) is 0 Å². The molecule has 0 radical (unpaired) electrons. The van der Waals surface area contributed by atoms with E-state index in [0.29, 0.717) is 0 Å². The summed E-state index contributed by atoms with van der Waals surface area (Å²) in [5.74, 6) is 0. The van der Waals surface area contributed by atoms with E-state index >= 15 is 0 Å². The summed E-state index contributed by atoms with van der Waals surface area (Å²) in [6.07, 6.45) is 1.16. The Kier molecular flexibility index (Phi) is 4.75. The van der Waals surface area contributed by atoms with E-state index in [1.807, 2.05) is 0 Å². The Morgan fingerprint density at radius 2 is 1.59 bits per heavy atom. The van der Waals surface area contributed by atoms with Gasteiger partial charge in [0.05, 0.1) is 0 Å². The Bertz CT molecular complexity index is 367. The van der Waals surface area contributed by atoms with Crippen molar-refractivity contribution in [1.82, 2.24) is 0 Å². The molecule has 0 atom stereocenters. The lowest BCUT2D eigenvalue weighted by molar-refractivity contribution is 0.547. The molecule has 0 N–H and O–H groups in total. The van der Waals surface area contributed by atoms with Crippen molar-refractivity contribution in [2.45, 2.75) is 52.1 Å². The summed E-state index contributed by atoms with van der Waals surface area (Å²) in [6.45, 7) is 13.8. The molecule has 0 aliphatic rings. The lowest BCUT2D eigenvalue weighted by Gasteiger charge is -2.31. The highest BCUT2D eigenvalue weighted by Gasteiger charge is 2.29. The summed E-state index contributed by atoms with van der Waals surface area (Å²) in [7, 11) is -2.87. The lowest BCUT2D eigenvalue weighted by Crippen LogP contribution is -2.42. The van der Waals surface area contributed by atoms with Crippen molar-refractivity contribution in [2.75, 3.05) is 0 Å². The Labute approximate surface area is 108 Å². The van der Waals surface area contributed by atoms with Gasteiger partial charge in [0.2, 0.25) is 0 Å². The van der Waals surface area contributed by atoms with Crippen LogP contribution in [0.4, 0.5) is 0 Å². The van der Waals surface area contributed by atoms with Gasteiger partial charge >= 0.3 is 0 Å². The summed E-state index contributed by atoms with van der Waals surface area (Å²) in [4.78, 5) is 0. The van der Waals surface area contributed by atoms with Crippen molar-refractivity contribution < 1.29 is 4.12 Å². The Morgan fingerprint density at radius 3 is 2.12 bits per heavy atom. The molecule has 17 heavy (non-hydrogen) atoms. The van der Waals surface area contributed by atoms with E-state index in [0.717, 1.165) is 6.42 Å². The molecule has 0 spiro atoms. The predicted molar refractivity (Wildman–Crippen MR) is 81.6 cm³/mol. The molecule has 0 aromatic heterocycles. The number of rotatable bonds is 5. The van der Waals surface area contributed by atoms with Crippen molar-refractivity contribution in [3.63, 3.8) is 0 Å². The molecular weight excluding hydrogens is 240 g/mol. The van der Waals surface area contributed by atoms with Gasteiger partial charge in [-0.25, -0.2) is 0 Å². The maximum absolute atomic E-state index is 6.36. The third-order valence-electron chi connectivity index (χ3n) is 2.84. The summed E-state index contributed by atoms with van der Waals surface area (Å²) in [6, 6.07) is 9.91. The lowest BCUT2D eigenvalue weighted by atomic mass is 10.1. The van der Waals surface area contributed by atoms with Crippen LogP contribution in [0.25, 0.3) is 0 Å². The first-order chi connectivity index (χ1) is 7.70. The van der Waals surface area contributed by atoms with E-state index in [1.165, 1.54) is 17.2 Å². The van der Waals surface area contributed by atoms with Gasteiger partial charge in [0, 0.05) is 0 Å². The van der Waals surface area contributed by atoms with Crippen molar-refractivity contribution in [2.24, 2.45) is 0 Å². The molecular formula is C14H26OSi2. The van der Waals surface area contributed by atoms with Crippen molar-refractivity contribution >= 4 is 16.6 Å². The molecule has 1 aromatic carbocycles.